The lowest BCUT2D eigenvalue weighted by molar-refractivity contribution is 0.0457. The molecule has 0 N–H and O–H groups in total. The van der Waals surface area contributed by atoms with E-state index < -0.39 is 0 Å². The average Bonchev–Trinajstić information content (AvgIpc) is 3.23. The molecule has 2 atom stereocenters. The van der Waals surface area contributed by atoms with Crippen molar-refractivity contribution >= 4 is 11.3 Å². The molecule has 2 aliphatic heterocycles. The summed E-state index contributed by atoms with van der Waals surface area (Å²) in [7, 11) is 0. The molecule has 0 aliphatic carbocycles. The highest BCUT2D eigenvalue weighted by Gasteiger charge is 2.36. The number of aromatic nitrogens is 1. The summed E-state index contributed by atoms with van der Waals surface area (Å²) in [6.07, 6.45) is 5.22. The zero-order chi connectivity index (χ0) is 15.5. The van der Waals surface area contributed by atoms with Gasteiger partial charge in [-0.1, -0.05) is 12.1 Å². The van der Waals surface area contributed by atoms with Gasteiger partial charge in [-0.25, -0.2) is 0 Å². The fourth-order valence-electron chi connectivity index (χ4n) is 3.65. The van der Waals surface area contributed by atoms with E-state index in [1.54, 1.807) is 0 Å². The fourth-order valence-corrected chi connectivity index (χ4v) is 4.39. The smallest absolute Gasteiger partial charge is 0.0736 e. The van der Waals surface area contributed by atoms with Gasteiger partial charge in [-0.2, -0.15) is 0 Å². The molecule has 122 valence electrons. The predicted molar refractivity (Wildman–Crippen MR) is 92.4 cm³/mol. The summed E-state index contributed by atoms with van der Waals surface area (Å²) >= 11 is 1.86. The lowest BCUT2D eigenvalue weighted by Crippen LogP contribution is -2.49. The molecule has 2 saturated heterocycles. The van der Waals surface area contributed by atoms with Crippen LogP contribution in [0.2, 0.25) is 0 Å². The van der Waals surface area contributed by atoms with E-state index in [1.165, 1.54) is 24.5 Å². The van der Waals surface area contributed by atoms with Crippen LogP contribution in [0, 0.1) is 0 Å². The van der Waals surface area contributed by atoms with Crippen LogP contribution in [0.25, 0.3) is 0 Å². The molecule has 0 unspecified atom stereocenters. The van der Waals surface area contributed by atoms with Gasteiger partial charge in [0.2, 0.25) is 0 Å². The Morgan fingerprint density at radius 2 is 2.22 bits per heavy atom. The van der Waals surface area contributed by atoms with E-state index in [9.17, 15) is 0 Å². The Morgan fingerprint density at radius 3 is 3.04 bits per heavy atom. The third-order valence-corrected chi connectivity index (χ3v) is 5.69. The van der Waals surface area contributed by atoms with Gasteiger partial charge in [0, 0.05) is 56.0 Å². The number of pyridine rings is 1. The second kappa shape index (κ2) is 7.09. The zero-order valence-corrected chi connectivity index (χ0v) is 14.1. The maximum absolute atomic E-state index is 6.12. The summed E-state index contributed by atoms with van der Waals surface area (Å²) in [6.45, 7) is 6.37. The lowest BCUT2D eigenvalue weighted by atomic mass is 10.1. The van der Waals surface area contributed by atoms with Crippen molar-refractivity contribution in [3.05, 3.63) is 52.5 Å². The summed E-state index contributed by atoms with van der Waals surface area (Å²) in [4.78, 5) is 10.8. The first-order valence-electron chi connectivity index (χ1n) is 8.36. The summed E-state index contributed by atoms with van der Waals surface area (Å²) < 4.78 is 6.12. The number of rotatable bonds is 5. The molecule has 0 aromatic carbocycles. The predicted octanol–water partition coefficient (Wildman–Crippen LogP) is 2.62. The van der Waals surface area contributed by atoms with E-state index in [1.807, 2.05) is 29.8 Å². The molecule has 2 aromatic heterocycles. The Bertz CT molecular complexity index is 604. The van der Waals surface area contributed by atoms with E-state index in [-0.39, 0.29) is 0 Å². The SMILES string of the molecule is c1cncc(CO[C@@H]2C[C@@H]3CN(Cc4cccs4)CCN3C2)c1. The maximum atomic E-state index is 6.12. The molecule has 0 bridgehead atoms. The first kappa shape index (κ1) is 15.3. The van der Waals surface area contributed by atoms with E-state index in [2.05, 4.69) is 38.4 Å². The number of nitrogens with zero attached hydrogens (tertiary/aromatic N) is 3. The molecular weight excluding hydrogens is 306 g/mol. The van der Waals surface area contributed by atoms with Crippen LogP contribution in [-0.4, -0.2) is 53.1 Å². The van der Waals surface area contributed by atoms with Gasteiger partial charge in [0.1, 0.15) is 0 Å². The summed E-state index contributed by atoms with van der Waals surface area (Å²) in [6, 6.07) is 9.10. The van der Waals surface area contributed by atoms with E-state index in [0.29, 0.717) is 18.8 Å². The van der Waals surface area contributed by atoms with Crippen molar-refractivity contribution in [3.8, 4) is 0 Å². The van der Waals surface area contributed by atoms with Crippen LogP contribution in [0.1, 0.15) is 16.9 Å². The molecule has 23 heavy (non-hydrogen) atoms. The monoisotopic (exact) mass is 329 g/mol. The molecule has 2 aromatic rings. The molecular formula is C18H23N3OS. The van der Waals surface area contributed by atoms with Crippen LogP contribution in [-0.2, 0) is 17.9 Å². The molecule has 0 spiro atoms. The first-order chi connectivity index (χ1) is 11.4. The van der Waals surface area contributed by atoms with Crippen molar-refractivity contribution in [1.29, 1.82) is 0 Å². The number of hydrogen-bond donors (Lipinski definition) is 0. The van der Waals surface area contributed by atoms with Crippen molar-refractivity contribution in [3.63, 3.8) is 0 Å². The molecule has 0 saturated carbocycles. The van der Waals surface area contributed by atoms with Crippen LogP contribution in [0.15, 0.2) is 42.0 Å². The average molecular weight is 329 g/mol. The summed E-state index contributed by atoms with van der Waals surface area (Å²) in [5.74, 6) is 0. The van der Waals surface area contributed by atoms with Crippen LogP contribution >= 0.6 is 11.3 Å². The second-order valence-corrected chi connectivity index (χ2v) is 7.53. The molecule has 2 aliphatic rings. The zero-order valence-electron chi connectivity index (χ0n) is 13.3. The van der Waals surface area contributed by atoms with Crippen molar-refractivity contribution < 1.29 is 4.74 Å². The van der Waals surface area contributed by atoms with Gasteiger partial charge in [0.15, 0.2) is 0 Å². The van der Waals surface area contributed by atoms with Crippen molar-refractivity contribution in [2.24, 2.45) is 0 Å². The number of piperazine rings is 1. The minimum absolute atomic E-state index is 0.363. The molecule has 2 fully saturated rings. The lowest BCUT2D eigenvalue weighted by Gasteiger charge is -2.37. The minimum Gasteiger partial charge on any atom is -0.372 e. The van der Waals surface area contributed by atoms with Crippen LogP contribution in [0.3, 0.4) is 0 Å². The maximum Gasteiger partial charge on any atom is 0.0736 e. The van der Waals surface area contributed by atoms with Gasteiger partial charge in [-0.05, 0) is 29.5 Å². The van der Waals surface area contributed by atoms with Gasteiger partial charge in [0.25, 0.3) is 0 Å². The molecule has 0 amide bonds. The van der Waals surface area contributed by atoms with Gasteiger partial charge in [0.05, 0.1) is 12.7 Å². The number of ether oxygens (including phenoxy) is 1. The normalized spacial score (nSPS) is 25.6. The fraction of sp³-hybridized carbons (Fsp3) is 0.500. The summed E-state index contributed by atoms with van der Waals surface area (Å²) in [5, 5.41) is 2.17. The standard InChI is InChI=1S/C18H23N3OS/c1-3-15(10-19-5-1)14-22-17-9-16-11-20(6-7-21(16)12-17)13-18-4-2-8-23-18/h1-5,8,10,16-17H,6-7,9,11-14H2/t16-,17-/m1/s1. The third-order valence-electron chi connectivity index (χ3n) is 4.83. The van der Waals surface area contributed by atoms with E-state index in [4.69, 9.17) is 4.74 Å². The highest BCUT2D eigenvalue weighted by atomic mass is 32.1. The number of thiophene rings is 1. The van der Waals surface area contributed by atoms with Crippen LogP contribution < -0.4 is 0 Å². The number of fused-ring (bicyclic) bond motifs is 1. The highest BCUT2D eigenvalue weighted by molar-refractivity contribution is 7.09. The second-order valence-electron chi connectivity index (χ2n) is 6.49. The molecule has 4 rings (SSSR count). The topological polar surface area (TPSA) is 28.6 Å². The molecule has 4 nitrogen and oxygen atoms in total. The molecule has 4 heterocycles. The van der Waals surface area contributed by atoms with E-state index in [0.717, 1.165) is 25.1 Å². The highest BCUT2D eigenvalue weighted by Crippen LogP contribution is 2.26. The van der Waals surface area contributed by atoms with Gasteiger partial charge in [-0.3, -0.25) is 14.8 Å². The van der Waals surface area contributed by atoms with Gasteiger partial charge >= 0.3 is 0 Å². The van der Waals surface area contributed by atoms with Crippen molar-refractivity contribution in [1.82, 2.24) is 14.8 Å². The van der Waals surface area contributed by atoms with Gasteiger partial charge < -0.3 is 4.74 Å². The van der Waals surface area contributed by atoms with Crippen LogP contribution in [0.4, 0.5) is 0 Å². The Morgan fingerprint density at radius 1 is 1.22 bits per heavy atom. The van der Waals surface area contributed by atoms with Crippen LogP contribution in [0.5, 0.6) is 0 Å². The van der Waals surface area contributed by atoms with Gasteiger partial charge in [-0.15, -0.1) is 11.3 Å². The van der Waals surface area contributed by atoms with Crippen molar-refractivity contribution in [2.45, 2.75) is 31.7 Å². The molecule has 5 heteroatoms. The summed E-state index contributed by atoms with van der Waals surface area (Å²) in [5.41, 5.74) is 1.16. The van der Waals surface area contributed by atoms with Crippen molar-refractivity contribution in [2.75, 3.05) is 26.2 Å². The minimum atomic E-state index is 0.363. The van der Waals surface area contributed by atoms with E-state index >= 15 is 0 Å². The third kappa shape index (κ3) is 3.80. The largest absolute Gasteiger partial charge is 0.372 e. The Balaban J connectivity index is 1.27. The Hall–Kier alpha value is -1.27. The first-order valence-corrected chi connectivity index (χ1v) is 9.24. The Labute approximate surface area is 141 Å². The number of hydrogen-bond acceptors (Lipinski definition) is 5. The Kier molecular flexibility index (Phi) is 4.71. The molecule has 0 radical (unpaired) electrons. The quantitative estimate of drug-likeness (QED) is 0.843.